The number of rotatable bonds is 7. The van der Waals surface area contributed by atoms with Crippen molar-refractivity contribution in [3.05, 3.63) is 0 Å². The van der Waals surface area contributed by atoms with E-state index < -0.39 is 0 Å². The molecule has 5 heteroatoms. The molecule has 1 unspecified atom stereocenters. The zero-order chi connectivity index (χ0) is 16.6. The minimum absolute atomic E-state index is 0.571. The van der Waals surface area contributed by atoms with Crippen LogP contribution in [0.1, 0.15) is 58.3 Å². The van der Waals surface area contributed by atoms with Crippen LogP contribution >= 0.6 is 0 Å². The third-order valence-corrected chi connectivity index (χ3v) is 5.85. The third kappa shape index (κ3) is 5.35. The van der Waals surface area contributed by atoms with Crippen LogP contribution in [0.25, 0.3) is 0 Å². The molecule has 0 bridgehead atoms. The van der Waals surface area contributed by atoms with Gasteiger partial charge >= 0.3 is 0 Å². The average Bonchev–Trinajstić information content (AvgIpc) is 3.32. The highest BCUT2D eigenvalue weighted by molar-refractivity contribution is 5.80. The summed E-state index contributed by atoms with van der Waals surface area (Å²) in [5, 5.41) is 7.11. The van der Waals surface area contributed by atoms with Crippen molar-refractivity contribution >= 4 is 5.96 Å². The maximum Gasteiger partial charge on any atom is 0.191 e. The second-order valence-electron chi connectivity index (χ2n) is 7.73. The van der Waals surface area contributed by atoms with E-state index in [4.69, 9.17) is 4.99 Å². The van der Waals surface area contributed by atoms with E-state index >= 15 is 0 Å². The zero-order valence-corrected chi connectivity index (χ0v) is 15.6. The second-order valence-corrected chi connectivity index (χ2v) is 7.73. The monoisotopic (exact) mass is 335 g/mol. The summed E-state index contributed by atoms with van der Waals surface area (Å²) in [4.78, 5) is 10.1. The first-order chi connectivity index (χ1) is 11.8. The summed E-state index contributed by atoms with van der Waals surface area (Å²) in [6, 6.07) is 1.43. The van der Waals surface area contributed by atoms with Gasteiger partial charge in [0.25, 0.3) is 0 Å². The molecule has 24 heavy (non-hydrogen) atoms. The average molecular weight is 336 g/mol. The predicted molar refractivity (Wildman–Crippen MR) is 102 cm³/mol. The van der Waals surface area contributed by atoms with Crippen LogP contribution in [-0.4, -0.2) is 73.7 Å². The Bertz CT molecular complexity index is 385. The highest BCUT2D eigenvalue weighted by Crippen LogP contribution is 2.26. The van der Waals surface area contributed by atoms with Gasteiger partial charge in [0.15, 0.2) is 5.96 Å². The number of aliphatic imine (C=N–C) groups is 1. The normalized spacial score (nSPS) is 27.2. The second kappa shape index (κ2) is 9.62. The fraction of sp³-hybridized carbons (Fsp3) is 0.947. The Morgan fingerprint density at radius 2 is 1.83 bits per heavy atom. The van der Waals surface area contributed by atoms with E-state index in [-0.39, 0.29) is 0 Å². The molecule has 0 spiro atoms. The van der Waals surface area contributed by atoms with Crippen LogP contribution in [0.4, 0.5) is 0 Å². The predicted octanol–water partition coefficient (Wildman–Crippen LogP) is 2.04. The molecule has 3 fully saturated rings. The minimum Gasteiger partial charge on any atom is -0.357 e. The Morgan fingerprint density at radius 1 is 1.04 bits per heavy atom. The van der Waals surface area contributed by atoms with E-state index in [1.54, 1.807) is 0 Å². The van der Waals surface area contributed by atoms with Crippen LogP contribution in [-0.2, 0) is 0 Å². The molecular formula is C19H37N5. The number of guanidine groups is 1. The summed E-state index contributed by atoms with van der Waals surface area (Å²) in [7, 11) is 0. The van der Waals surface area contributed by atoms with Gasteiger partial charge in [0.05, 0.1) is 0 Å². The Kier molecular flexibility index (Phi) is 7.21. The van der Waals surface area contributed by atoms with Gasteiger partial charge < -0.3 is 15.5 Å². The number of likely N-dealkylation sites (tertiary alicyclic amines) is 2. The lowest BCUT2D eigenvalue weighted by atomic mass is 10.2. The van der Waals surface area contributed by atoms with Gasteiger partial charge in [-0.2, -0.15) is 0 Å². The van der Waals surface area contributed by atoms with Gasteiger partial charge in [-0.1, -0.05) is 12.8 Å². The molecule has 1 atom stereocenters. The van der Waals surface area contributed by atoms with Crippen LogP contribution < -0.4 is 10.6 Å². The van der Waals surface area contributed by atoms with E-state index in [1.165, 1.54) is 84.1 Å². The van der Waals surface area contributed by atoms with Crippen LogP contribution in [0.15, 0.2) is 4.99 Å². The molecule has 5 nitrogen and oxygen atoms in total. The number of hydrogen-bond donors (Lipinski definition) is 2. The lowest BCUT2D eigenvalue weighted by molar-refractivity contribution is 0.242. The maximum absolute atomic E-state index is 4.81. The molecule has 0 radical (unpaired) electrons. The van der Waals surface area contributed by atoms with Gasteiger partial charge in [-0.15, -0.1) is 0 Å². The fourth-order valence-corrected chi connectivity index (χ4v) is 4.51. The molecule has 2 aliphatic heterocycles. The number of hydrogen-bond acceptors (Lipinski definition) is 3. The molecule has 0 aromatic heterocycles. The molecular weight excluding hydrogens is 298 g/mol. The smallest absolute Gasteiger partial charge is 0.191 e. The summed E-state index contributed by atoms with van der Waals surface area (Å²) in [6.45, 7) is 10.3. The van der Waals surface area contributed by atoms with E-state index in [1.807, 2.05) is 0 Å². The fourth-order valence-electron chi connectivity index (χ4n) is 4.51. The van der Waals surface area contributed by atoms with Crippen molar-refractivity contribution in [2.75, 3.05) is 45.8 Å². The van der Waals surface area contributed by atoms with Crippen LogP contribution in [0.2, 0.25) is 0 Å². The van der Waals surface area contributed by atoms with Crippen molar-refractivity contribution < 1.29 is 0 Å². The largest absolute Gasteiger partial charge is 0.357 e. The molecule has 0 amide bonds. The van der Waals surface area contributed by atoms with Crippen molar-refractivity contribution in [2.45, 2.75) is 70.4 Å². The number of nitrogens with one attached hydrogen (secondary N) is 2. The SMILES string of the molecule is CCNC(=NCCCN1CCCC1)NC1CCN(C2CCCC2)C1. The Balaban J connectivity index is 1.38. The maximum atomic E-state index is 4.81. The Hall–Kier alpha value is -0.810. The third-order valence-electron chi connectivity index (χ3n) is 5.85. The van der Waals surface area contributed by atoms with Crippen LogP contribution in [0, 0.1) is 0 Å². The molecule has 1 aliphatic carbocycles. The summed E-state index contributed by atoms with van der Waals surface area (Å²) in [6.07, 6.45) is 10.9. The van der Waals surface area contributed by atoms with E-state index in [9.17, 15) is 0 Å². The first-order valence-electron chi connectivity index (χ1n) is 10.4. The summed E-state index contributed by atoms with van der Waals surface area (Å²) >= 11 is 0. The van der Waals surface area contributed by atoms with Crippen molar-refractivity contribution in [3.8, 4) is 0 Å². The number of nitrogens with zero attached hydrogens (tertiary/aromatic N) is 3. The van der Waals surface area contributed by atoms with Crippen molar-refractivity contribution in [2.24, 2.45) is 4.99 Å². The van der Waals surface area contributed by atoms with E-state index in [2.05, 4.69) is 27.4 Å². The molecule has 2 N–H and O–H groups in total. The van der Waals surface area contributed by atoms with E-state index in [0.717, 1.165) is 25.1 Å². The highest BCUT2D eigenvalue weighted by Gasteiger charge is 2.30. The molecule has 2 heterocycles. The molecule has 2 saturated heterocycles. The molecule has 1 saturated carbocycles. The molecule has 0 aromatic carbocycles. The quantitative estimate of drug-likeness (QED) is 0.424. The van der Waals surface area contributed by atoms with Gasteiger partial charge in [-0.05, 0) is 65.1 Å². The molecule has 3 rings (SSSR count). The molecule has 138 valence electrons. The summed E-state index contributed by atoms with van der Waals surface area (Å²) < 4.78 is 0. The van der Waals surface area contributed by atoms with Crippen molar-refractivity contribution in [1.29, 1.82) is 0 Å². The van der Waals surface area contributed by atoms with Gasteiger partial charge in [0.2, 0.25) is 0 Å². The van der Waals surface area contributed by atoms with Crippen LogP contribution in [0.5, 0.6) is 0 Å². The van der Waals surface area contributed by atoms with Gasteiger partial charge in [-0.25, -0.2) is 0 Å². The Labute approximate surface area is 148 Å². The molecule has 0 aromatic rings. The van der Waals surface area contributed by atoms with Crippen molar-refractivity contribution in [1.82, 2.24) is 20.4 Å². The topological polar surface area (TPSA) is 42.9 Å². The first-order valence-corrected chi connectivity index (χ1v) is 10.4. The highest BCUT2D eigenvalue weighted by atomic mass is 15.3. The lowest BCUT2D eigenvalue weighted by Crippen LogP contribution is -2.45. The summed E-state index contributed by atoms with van der Waals surface area (Å²) in [5.41, 5.74) is 0. The van der Waals surface area contributed by atoms with Crippen LogP contribution in [0.3, 0.4) is 0 Å². The van der Waals surface area contributed by atoms with Crippen molar-refractivity contribution in [3.63, 3.8) is 0 Å². The van der Waals surface area contributed by atoms with Gasteiger partial charge in [-0.3, -0.25) is 9.89 Å². The standard InChI is InChI=1S/C19H37N5/c1-2-20-19(21-11-7-14-23-12-5-6-13-23)22-17-10-15-24(16-17)18-8-3-4-9-18/h17-18H,2-16H2,1H3,(H2,20,21,22). The summed E-state index contributed by atoms with van der Waals surface area (Å²) in [5.74, 6) is 1.03. The molecule has 3 aliphatic rings. The minimum atomic E-state index is 0.571. The lowest BCUT2D eigenvalue weighted by Gasteiger charge is -2.24. The van der Waals surface area contributed by atoms with E-state index in [0.29, 0.717) is 6.04 Å². The van der Waals surface area contributed by atoms with Gasteiger partial charge in [0, 0.05) is 38.3 Å². The zero-order valence-electron chi connectivity index (χ0n) is 15.6. The first kappa shape index (κ1) is 18.0. The van der Waals surface area contributed by atoms with Gasteiger partial charge in [0.1, 0.15) is 0 Å². The Morgan fingerprint density at radius 3 is 2.58 bits per heavy atom.